The highest BCUT2D eigenvalue weighted by atomic mass is 16.4. The van der Waals surface area contributed by atoms with Crippen molar-refractivity contribution in [1.29, 1.82) is 0 Å². The highest BCUT2D eigenvalue weighted by molar-refractivity contribution is 6.00. The first-order chi connectivity index (χ1) is 9.11. The van der Waals surface area contributed by atoms with Crippen LogP contribution >= 0.6 is 0 Å². The third-order valence-electron chi connectivity index (χ3n) is 4.66. The van der Waals surface area contributed by atoms with Crippen LogP contribution in [0.1, 0.15) is 54.6 Å². The second kappa shape index (κ2) is 4.51. The van der Waals surface area contributed by atoms with Gasteiger partial charge in [-0.15, -0.1) is 0 Å². The molecule has 0 radical (unpaired) electrons. The molecule has 2 aliphatic rings. The molecular formula is C15H19NO3. The van der Waals surface area contributed by atoms with Gasteiger partial charge in [-0.3, -0.25) is 9.59 Å². The van der Waals surface area contributed by atoms with Crippen molar-refractivity contribution in [3.8, 4) is 0 Å². The van der Waals surface area contributed by atoms with Gasteiger partial charge < -0.3 is 9.67 Å². The molecule has 1 N–H and O–H groups in total. The first-order valence-electron chi connectivity index (χ1n) is 7.06. The summed E-state index contributed by atoms with van der Waals surface area (Å²) in [7, 11) is 0. The van der Waals surface area contributed by atoms with E-state index < -0.39 is 5.97 Å². The molecule has 0 aromatic carbocycles. The van der Waals surface area contributed by atoms with Crippen molar-refractivity contribution in [3.63, 3.8) is 0 Å². The smallest absolute Gasteiger partial charge is 0.307 e. The summed E-state index contributed by atoms with van der Waals surface area (Å²) < 4.78 is 1.94. The van der Waals surface area contributed by atoms with Crippen molar-refractivity contribution >= 4 is 11.8 Å². The molecule has 1 aromatic heterocycles. The summed E-state index contributed by atoms with van der Waals surface area (Å²) in [6, 6.07) is 1.78. The zero-order valence-corrected chi connectivity index (χ0v) is 11.0. The van der Waals surface area contributed by atoms with Crippen LogP contribution in [0.3, 0.4) is 0 Å². The number of carbonyl (C=O) groups excluding carboxylic acids is 1. The van der Waals surface area contributed by atoms with E-state index in [9.17, 15) is 9.59 Å². The number of aryl methyl sites for hydroxylation is 1. The quantitative estimate of drug-likeness (QED) is 0.890. The number of fused-ring (bicyclic) bond motifs is 1. The SMILES string of the molecule is O=C(O)Cc1cc2n(c1)CCC1(CCCCC1)C2=O. The van der Waals surface area contributed by atoms with Crippen molar-refractivity contribution in [2.75, 3.05) is 0 Å². The zero-order chi connectivity index (χ0) is 13.5. The summed E-state index contributed by atoms with van der Waals surface area (Å²) in [4.78, 5) is 23.5. The zero-order valence-electron chi connectivity index (χ0n) is 11.0. The summed E-state index contributed by atoms with van der Waals surface area (Å²) >= 11 is 0. The summed E-state index contributed by atoms with van der Waals surface area (Å²) in [5.74, 6) is -0.599. The molecule has 1 aliphatic carbocycles. The summed E-state index contributed by atoms with van der Waals surface area (Å²) in [6.07, 6.45) is 8.29. The highest BCUT2D eigenvalue weighted by Crippen LogP contribution is 2.44. The van der Waals surface area contributed by atoms with Crippen molar-refractivity contribution in [3.05, 3.63) is 23.5 Å². The number of aliphatic carboxylic acids is 1. The Bertz CT molecular complexity index is 523. The lowest BCUT2D eigenvalue weighted by molar-refractivity contribution is -0.136. The fourth-order valence-corrected chi connectivity index (χ4v) is 3.64. The van der Waals surface area contributed by atoms with Gasteiger partial charge in [-0.1, -0.05) is 19.3 Å². The average Bonchev–Trinajstić information content (AvgIpc) is 2.78. The molecule has 4 heteroatoms. The molecule has 0 unspecified atom stereocenters. The van der Waals surface area contributed by atoms with E-state index in [0.29, 0.717) is 0 Å². The van der Waals surface area contributed by atoms with Gasteiger partial charge in [-0.25, -0.2) is 0 Å². The van der Waals surface area contributed by atoms with E-state index in [-0.39, 0.29) is 17.6 Å². The monoisotopic (exact) mass is 261 g/mol. The minimum Gasteiger partial charge on any atom is -0.481 e. The topological polar surface area (TPSA) is 59.3 Å². The number of Topliss-reactive ketones (excluding diaryl/α,β-unsaturated/α-hetero) is 1. The molecule has 4 nitrogen and oxygen atoms in total. The summed E-state index contributed by atoms with van der Waals surface area (Å²) in [5, 5.41) is 8.84. The lowest BCUT2D eigenvalue weighted by Gasteiger charge is -2.39. The summed E-state index contributed by atoms with van der Waals surface area (Å²) in [6.45, 7) is 0.848. The fourth-order valence-electron chi connectivity index (χ4n) is 3.64. The minimum atomic E-state index is -0.845. The highest BCUT2D eigenvalue weighted by Gasteiger charge is 2.43. The van der Waals surface area contributed by atoms with Crippen LogP contribution in [0.25, 0.3) is 0 Å². The molecule has 0 amide bonds. The predicted octanol–water partition coefficient (Wildman–Crippen LogP) is 2.65. The maximum absolute atomic E-state index is 12.7. The van der Waals surface area contributed by atoms with Crippen LogP contribution in [0, 0.1) is 5.41 Å². The number of hydrogen-bond acceptors (Lipinski definition) is 2. The van der Waals surface area contributed by atoms with Crippen LogP contribution in [0.4, 0.5) is 0 Å². The lowest BCUT2D eigenvalue weighted by atomic mass is 9.67. The number of aromatic nitrogens is 1. The predicted molar refractivity (Wildman–Crippen MR) is 70.2 cm³/mol. The number of ketones is 1. The van der Waals surface area contributed by atoms with Crippen molar-refractivity contribution in [1.82, 2.24) is 4.57 Å². The van der Waals surface area contributed by atoms with Gasteiger partial charge >= 0.3 is 5.97 Å². The molecule has 19 heavy (non-hydrogen) atoms. The molecule has 1 fully saturated rings. The largest absolute Gasteiger partial charge is 0.481 e. The lowest BCUT2D eigenvalue weighted by Crippen LogP contribution is -2.39. The van der Waals surface area contributed by atoms with E-state index in [2.05, 4.69) is 0 Å². The van der Waals surface area contributed by atoms with Crippen LogP contribution in [-0.2, 0) is 17.8 Å². The van der Waals surface area contributed by atoms with Gasteiger partial charge in [-0.2, -0.15) is 0 Å². The van der Waals surface area contributed by atoms with Crippen LogP contribution in [0.15, 0.2) is 12.3 Å². The third kappa shape index (κ3) is 2.09. The van der Waals surface area contributed by atoms with Gasteiger partial charge in [0.05, 0.1) is 12.1 Å². The van der Waals surface area contributed by atoms with Crippen molar-refractivity contribution < 1.29 is 14.7 Å². The van der Waals surface area contributed by atoms with Crippen LogP contribution in [0.2, 0.25) is 0 Å². The third-order valence-corrected chi connectivity index (χ3v) is 4.66. The van der Waals surface area contributed by atoms with E-state index in [1.54, 1.807) is 6.07 Å². The van der Waals surface area contributed by atoms with Gasteiger partial charge in [0.25, 0.3) is 0 Å². The Morgan fingerprint density at radius 1 is 1.26 bits per heavy atom. The van der Waals surface area contributed by atoms with E-state index in [1.807, 2.05) is 10.8 Å². The molecule has 1 spiro atoms. The van der Waals surface area contributed by atoms with E-state index in [0.717, 1.165) is 49.9 Å². The molecule has 0 bridgehead atoms. The Hall–Kier alpha value is -1.58. The number of rotatable bonds is 2. The second-order valence-electron chi connectivity index (χ2n) is 5.92. The first-order valence-corrected chi connectivity index (χ1v) is 7.06. The number of hydrogen-bond donors (Lipinski definition) is 1. The van der Waals surface area contributed by atoms with Crippen LogP contribution in [0.5, 0.6) is 0 Å². The Balaban J connectivity index is 1.90. The maximum Gasteiger partial charge on any atom is 0.307 e. The van der Waals surface area contributed by atoms with E-state index in [4.69, 9.17) is 5.11 Å². The summed E-state index contributed by atoms with van der Waals surface area (Å²) in [5.41, 5.74) is 1.32. The normalized spacial score (nSPS) is 21.4. The Morgan fingerprint density at radius 3 is 2.68 bits per heavy atom. The molecule has 0 atom stereocenters. The van der Waals surface area contributed by atoms with Gasteiger partial charge in [0.2, 0.25) is 0 Å². The average molecular weight is 261 g/mol. The fraction of sp³-hybridized carbons (Fsp3) is 0.600. The first kappa shape index (κ1) is 12.5. The molecule has 1 saturated carbocycles. The molecule has 1 aromatic rings. The van der Waals surface area contributed by atoms with Gasteiger partial charge in [0.1, 0.15) is 0 Å². The van der Waals surface area contributed by atoms with Crippen molar-refractivity contribution in [2.45, 2.75) is 51.5 Å². The number of nitrogens with zero attached hydrogens (tertiary/aromatic N) is 1. The molecule has 3 rings (SSSR count). The number of carboxylic acids is 1. The molecule has 1 aliphatic heterocycles. The van der Waals surface area contributed by atoms with Crippen LogP contribution in [-0.4, -0.2) is 21.4 Å². The maximum atomic E-state index is 12.7. The molecular weight excluding hydrogens is 242 g/mol. The van der Waals surface area contributed by atoms with Gasteiger partial charge in [0, 0.05) is 18.2 Å². The molecule has 0 saturated heterocycles. The van der Waals surface area contributed by atoms with E-state index >= 15 is 0 Å². The molecule has 2 heterocycles. The van der Waals surface area contributed by atoms with Crippen LogP contribution < -0.4 is 0 Å². The number of carboxylic acid groups (broad SMARTS) is 1. The van der Waals surface area contributed by atoms with Gasteiger partial charge in [0.15, 0.2) is 5.78 Å². The van der Waals surface area contributed by atoms with Gasteiger partial charge in [-0.05, 0) is 30.9 Å². The second-order valence-corrected chi connectivity index (χ2v) is 5.92. The van der Waals surface area contributed by atoms with E-state index in [1.165, 1.54) is 6.42 Å². The Morgan fingerprint density at radius 2 is 2.00 bits per heavy atom. The van der Waals surface area contributed by atoms with Crippen molar-refractivity contribution in [2.24, 2.45) is 5.41 Å². The Labute approximate surface area is 112 Å². The standard InChI is InChI=1S/C15H19NO3/c17-13(18)9-11-8-12-14(19)15(4-2-1-3-5-15)6-7-16(12)10-11/h8,10H,1-7,9H2,(H,17,18). The number of carbonyl (C=O) groups is 2. The molecule has 102 valence electrons. The Kier molecular flexibility index (Phi) is 2.96. The minimum absolute atomic E-state index is 0.000278.